The van der Waals surface area contributed by atoms with E-state index >= 15 is 0 Å². The van der Waals surface area contributed by atoms with Crippen LogP contribution in [0.25, 0.3) is 5.57 Å². The Bertz CT molecular complexity index is 941. The molecule has 4 rings (SSSR count). The Kier molecular flexibility index (Phi) is 6.62. The first kappa shape index (κ1) is 20.8. The van der Waals surface area contributed by atoms with E-state index in [1.54, 1.807) is 12.1 Å². The van der Waals surface area contributed by atoms with E-state index in [-0.39, 0.29) is 17.6 Å². The number of hydrogen-bond donors (Lipinski definition) is 0. The van der Waals surface area contributed by atoms with Crippen LogP contribution in [0, 0.1) is 5.82 Å². The molecule has 0 saturated carbocycles. The number of imide groups is 1. The zero-order valence-electron chi connectivity index (χ0n) is 16.6. The molecule has 0 atom stereocenters. The minimum Gasteiger partial charge on any atom is -0.379 e. The van der Waals surface area contributed by atoms with Crippen LogP contribution in [-0.2, 0) is 14.3 Å². The summed E-state index contributed by atoms with van der Waals surface area (Å²) in [5.74, 6) is -0.974. The molecule has 2 aromatic carbocycles. The number of carbonyl (C=O) groups excluding carboxylic acids is 2. The largest absolute Gasteiger partial charge is 0.379 e. The average Bonchev–Trinajstić information content (AvgIpc) is 3.00. The standard InChI is InChI=1S/C23H23FN2O3S/c24-18-9-7-17(8-10-18)20-21(30-19-5-2-1-3-6-19)23(28)26(22(20)27)12-4-11-25-13-15-29-16-14-25/h1-3,5-10H,4,11-16H2. The van der Waals surface area contributed by atoms with Crippen molar-refractivity contribution in [1.29, 1.82) is 0 Å². The number of thioether (sulfide) groups is 1. The van der Waals surface area contributed by atoms with Crippen LogP contribution in [0.3, 0.4) is 0 Å². The Morgan fingerprint density at radius 3 is 2.30 bits per heavy atom. The van der Waals surface area contributed by atoms with Gasteiger partial charge in [0.1, 0.15) is 5.82 Å². The monoisotopic (exact) mass is 426 g/mol. The van der Waals surface area contributed by atoms with Crippen LogP contribution in [0.5, 0.6) is 0 Å². The van der Waals surface area contributed by atoms with E-state index in [0.717, 1.165) is 37.7 Å². The summed E-state index contributed by atoms with van der Waals surface area (Å²) in [7, 11) is 0. The van der Waals surface area contributed by atoms with Crippen molar-refractivity contribution in [2.45, 2.75) is 11.3 Å². The predicted molar refractivity (Wildman–Crippen MR) is 114 cm³/mol. The highest BCUT2D eigenvalue weighted by molar-refractivity contribution is 8.04. The highest BCUT2D eigenvalue weighted by Gasteiger charge is 2.39. The van der Waals surface area contributed by atoms with Gasteiger partial charge in [-0.2, -0.15) is 0 Å². The SMILES string of the molecule is O=C1C(Sc2ccccc2)=C(c2ccc(F)cc2)C(=O)N1CCCN1CCOCC1. The topological polar surface area (TPSA) is 49.9 Å². The van der Waals surface area contributed by atoms with Crippen molar-refractivity contribution in [3.63, 3.8) is 0 Å². The van der Waals surface area contributed by atoms with E-state index in [4.69, 9.17) is 4.74 Å². The Labute approximate surface area is 179 Å². The fraction of sp³-hybridized carbons (Fsp3) is 0.304. The third-order valence-electron chi connectivity index (χ3n) is 5.18. The average molecular weight is 427 g/mol. The van der Waals surface area contributed by atoms with Crippen LogP contribution in [0.4, 0.5) is 4.39 Å². The molecule has 0 unspecified atom stereocenters. The second-order valence-corrected chi connectivity index (χ2v) is 8.28. The Hall–Kier alpha value is -2.48. The number of rotatable bonds is 7. The fourth-order valence-electron chi connectivity index (χ4n) is 3.61. The van der Waals surface area contributed by atoms with Gasteiger partial charge in [-0.1, -0.05) is 42.1 Å². The van der Waals surface area contributed by atoms with E-state index in [2.05, 4.69) is 4.90 Å². The first-order chi connectivity index (χ1) is 14.6. The van der Waals surface area contributed by atoms with E-state index in [1.807, 2.05) is 30.3 Å². The van der Waals surface area contributed by atoms with E-state index in [1.165, 1.54) is 28.8 Å². The Morgan fingerprint density at radius 1 is 0.900 bits per heavy atom. The number of benzene rings is 2. The summed E-state index contributed by atoms with van der Waals surface area (Å²) in [6.07, 6.45) is 0.706. The molecule has 2 aromatic rings. The van der Waals surface area contributed by atoms with Crippen molar-refractivity contribution in [2.75, 3.05) is 39.4 Å². The van der Waals surface area contributed by atoms with Gasteiger partial charge in [-0.3, -0.25) is 19.4 Å². The molecule has 7 heteroatoms. The van der Waals surface area contributed by atoms with Crippen molar-refractivity contribution >= 4 is 29.1 Å². The van der Waals surface area contributed by atoms with Crippen molar-refractivity contribution in [3.8, 4) is 0 Å². The van der Waals surface area contributed by atoms with Gasteiger partial charge in [0.15, 0.2) is 0 Å². The molecule has 0 N–H and O–H groups in total. The molecule has 5 nitrogen and oxygen atoms in total. The van der Waals surface area contributed by atoms with Crippen LogP contribution in [0.1, 0.15) is 12.0 Å². The van der Waals surface area contributed by atoms with Crippen molar-refractivity contribution < 1.29 is 18.7 Å². The van der Waals surface area contributed by atoms with E-state index < -0.39 is 0 Å². The Balaban J connectivity index is 1.54. The first-order valence-electron chi connectivity index (χ1n) is 10.0. The molecule has 2 aliphatic heterocycles. The zero-order valence-corrected chi connectivity index (χ0v) is 17.4. The molecule has 2 aliphatic rings. The first-order valence-corrected chi connectivity index (χ1v) is 10.8. The van der Waals surface area contributed by atoms with Gasteiger partial charge in [0.2, 0.25) is 0 Å². The van der Waals surface area contributed by atoms with Gasteiger partial charge in [-0.25, -0.2) is 4.39 Å². The lowest BCUT2D eigenvalue weighted by atomic mass is 10.1. The molecule has 0 bridgehead atoms. The normalized spacial score (nSPS) is 17.8. The molecule has 2 heterocycles. The molecular weight excluding hydrogens is 403 g/mol. The van der Waals surface area contributed by atoms with Gasteiger partial charge in [0.05, 0.1) is 23.7 Å². The molecule has 1 fully saturated rings. The number of amides is 2. The summed E-state index contributed by atoms with van der Waals surface area (Å²) in [4.78, 5) is 31.2. The quantitative estimate of drug-likeness (QED) is 0.635. The van der Waals surface area contributed by atoms with Crippen molar-refractivity contribution in [1.82, 2.24) is 9.80 Å². The summed E-state index contributed by atoms with van der Waals surface area (Å²) in [6, 6.07) is 15.2. The summed E-state index contributed by atoms with van der Waals surface area (Å²) in [5, 5.41) is 0. The van der Waals surface area contributed by atoms with Crippen LogP contribution in [0.15, 0.2) is 64.4 Å². The van der Waals surface area contributed by atoms with Crippen LogP contribution < -0.4 is 0 Å². The minimum absolute atomic E-state index is 0.282. The predicted octanol–water partition coefficient (Wildman–Crippen LogP) is 3.42. The lowest BCUT2D eigenvalue weighted by molar-refractivity contribution is -0.136. The molecule has 0 spiro atoms. The summed E-state index contributed by atoms with van der Waals surface area (Å²) >= 11 is 1.28. The maximum absolute atomic E-state index is 13.4. The zero-order chi connectivity index (χ0) is 20.9. The van der Waals surface area contributed by atoms with Gasteiger partial charge < -0.3 is 4.74 Å². The molecule has 2 amide bonds. The fourth-order valence-corrected chi connectivity index (χ4v) is 4.64. The number of carbonyl (C=O) groups is 2. The third-order valence-corrected chi connectivity index (χ3v) is 6.27. The Morgan fingerprint density at radius 2 is 1.60 bits per heavy atom. The van der Waals surface area contributed by atoms with Crippen molar-refractivity contribution in [2.24, 2.45) is 0 Å². The molecule has 30 heavy (non-hydrogen) atoms. The highest BCUT2D eigenvalue weighted by atomic mass is 32.2. The molecule has 0 aliphatic carbocycles. The number of nitrogens with zero attached hydrogens (tertiary/aromatic N) is 2. The maximum atomic E-state index is 13.4. The van der Waals surface area contributed by atoms with Gasteiger partial charge in [-0.15, -0.1) is 0 Å². The summed E-state index contributed by atoms with van der Waals surface area (Å²) in [5.41, 5.74) is 0.907. The third kappa shape index (κ3) is 4.64. The lowest BCUT2D eigenvalue weighted by Gasteiger charge is -2.27. The summed E-state index contributed by atoms with van der Waals surface area (Å²) < 4.78 is 18.8. The van der Waals surface area contributed by atoms with Crippen LogP contribution >= 0.6 is 11.8 Å². The van der Waals surface area contributed by atoms with Gasteiger partial charge in [0.25, 0.3) is 11.8 Å². The van der Waals surface area contributed by atoms with Gasteiger partial charge in [0, 0.05) is 31.1 Å². The van der Waals surface area contributed by atoms with E-state index in [9.17, 15) is 14.0 Å². The number of morpholine rings is 1. The number of halogens is 1. The van der Waals surface area contributed by atoms with Gasteiger partial charge in [-0.05, 0) is 36.2 Å². The number of hydrogen-bond acceptors (Lipinski definition) is 5. The van der Waals surface area contributed by atoms with Crippen LogP contribution in [-0.4, -0.2) is 61.0 Å². The molecular formula is C23H23FN2O3S. The molecule has 156 valence electrons. The smallest absolute Gasteiger partial charge is 0.268 e. The van der Waals surface area contributed by atoms with Crippen molar-refractivity contribution in [3.05, 3.63) is 70.9 Å². The van der Waals surface area contributed by atoms with Gasteiger partial charge >= 0.3 is 0 Å². The lowest BCUT2D eigenvalue weighted by Crippen LogP contribution is -2.39. The number of ether oxygens (including phenoxy) is 1. The molecule has 1 saturated heterocycles. The second kappa shape index (κ2) is 9.55. The summed E-state index contributed by atoms with van der Waals surface area (Å²) in [6.45, 7) is 4.35. The minimum atomic E-state index is -0.379. The van der Waals surface area contributed by atoms with Crippen LogP contribution in [0.2, 0.25) is 0 Å². The molecule has 0 radical (unpaired) electrons. The van der Waals surface area contributed by atoms with E-state index in [0.29, 0.717) is 29.0 Å². The molecule has 0 aromatic heterocycles. The second-order valence-electron chi connectivity index (χ2n) is 7.20. The highest BCUT2D eigenvalue weighted by Crippen LogP contribution is 2.39. The maximum Gasteiger partial charge on any atom is 0.268 e.